The molecule has 1 atom stereocenters. The van der Waals surface area contributed by atoms with Gasteiger partial charge in [0.2, 0.25) is 0 Å². The van der Waals surface area contributed by atoms with Gasteiger partial charge in [0.1, 0.15) is 5.56 Å². The Morgan fingerprint density at radius 2 is 1.96 bits per heavy atom. The Bertz CT molecular complexity index is 655. The maximum atomic E-state index is 12.0. The SMILES string of the molecule is COC(=O)C(Cc1ccc([N+](=O)[O-])c(C(=O)N(C)C)c1)C(=O)O. The second kappa shape index (κ2) is 7.34. The molecule has 9 nitrogen and oxygen atoms in total. The van der Waals surface area contributed by atoms with Gasteiger partial charge in [0.25, 0.3) is 11.6 Å². The van der Waals surface area contributed by atoms with Gasteiger partial charge in [-0.05, 0) is 18.1 Å². The molecule has 0 aliphatic carbocycles. The van der Waals surface area contributed by atoms with E-state index in [9.17, 15) is 24.5 Å². The summed E-state index contributed by atoms with van der Waals surface area (Å²) in [6.07, 6.45) is -0.242. The fourth-order valence-corrected chi connectivity index (χ4v) is 1.93. The summed E-state index contributed by atoms with van der Waals surface area (Å²) < 4.78 is 4.42. The molecule has 0 aromatic heterocycles. The molecule has 1 aromatic carbocycles. The number of carbonyl (C=O) groups is 3. The highest BCUT2D eigenvalue weighted by Gasteiger charge is 2.29. The molecular weight excluding hydrogens is 308 g/mol. The van der Waals surface area contributed by atoms with Crippen molar-refractivity contribution in [2.75, 3.05) is 21.2 Å². The molecule has 1 unspecified atom stereocenters. The number of carboxylic acids is 1. The van der Waals surface area contributed by atoms with E-state index in [2.05, 4.69) is 4.74 Å². The van der Waals surface area contributed by atoms with Crippen LogP contribution in [0.1, 0.15) is 15.9 Å². The number of nitro groups is 1. The van der Waals surface area contributed by atoms with Crippen molar-refractivity contribution in [1.82, 2.24) is 4.90 Å². The molecule has 1 aromatic rings. The summed E-state index contributed by atoms with van der Waals surface area (Å²) in [5, 5.41) is 20.1. The molecule has 1 amide bonds. The van der Waals surface area contributed by atoms with Crippen molar-refractivity contribution < 1.29 is 29.2 Å². The normalized spacial score (nSPS) is 11.4. The number of esters is 1. The molecule has 1 rings (SSSR count). The number of aliphatic carboxylic acids is 1. The summed E-state index contributed by atoms with van der Waals surface area (Å²) in [5.74, 6) is -4.36. The number of amides is 1. The Morgan fingerprint density at radius 1 is 1.35 bits per heavy atom. The number of rotatable bonds is 6. The van der Waals surface area contributed by atoms with Gasteiger partial charge in [0.05, 0.1) is 12.0 Å². The van der Waals surface area contributed by atoms with Crippen molar-refractivity contribution in [2.24, 2.45) is 5.92 Å². The van der Waals surface area contributed by atoms with Crippen molar-refractivity contribution in [3.63, 3.8) is 0 Å². The van der Waals surface area contributed by atoms with Crippen molar-refractivity contribution in [3.8, 4) is 0 Å². The van der Waals surface area contributed by atoms with Crippen molar-refractivity contribution in [3.05, 3.63) is 39.4 Å². The number of hydrogen-bond acceptors (Lipinski definition) is 6. The molecule has 0 radical (unpaired) electrons. The lowest BCUT2D eigenvalue weighted by Gasteiger charge is -2.13. The number of nitro benzene ring substituents is 1. The van der Waals surface area contributed by atoms with E-state index in [1.54, 1.807) is 0 Å². The summed E-state index contributed by atoms with van der Waals surface area (Å²) >= 11 is 0. The molecule has 0 fully saturated rings. The third-order valence-electron chi connectivity index (χ3n) is 3.12. The molecule has 1 N–H and O–H groups in total. The van der Waals surface area contributed by atoms with Crippen LogP contribution < -0.4 is 0 Å². The number of carbonyl (C=O) groups excluding carboxylic acids is 2. The quantitative estimate of drug-likeness (QED) is 0.353. The van der Waals surface area contributed by atoms with Gasteiger partial charge in [-0.3, -0.25) is 24.5 Å². The summed E-state index contributed by atoms with van der Waals surface area (Å²) in [4.78, 5) is 46.1. The minimum absolute atomic E-state index is 0.175. The van der Waals surface area contributed by atoms with E-state index < -0.39 is 34.4 Å². The van der Waals surface area contributed by atoms with Gasteiger partial charge in [0.15, 0.2) is 5.92 Å². The highest BCUT2D eigenvalue weighted by atomic mass is 16.6. The predicted octanol–water partition coefficient (Wildman–Crippen LogP) is 0.713. The van der Waals surface area contributed by atoms with E-state index in [1.165, 1.54) is 31.1 Å². The average Bonchev–Trinajstić information content (AvgIpc) is 2.50. The highest BCUT2D eigenvalue weighted by molar-refractivity contribution is 5.98. The van der Waals surface area contributed by atoms with Crippen LogP contribution in [0.3, 0.4) is 0 Å². The standard InChI is InChI=1S/C14H16N2O7/c1-15(2)12(17)9-6-8(4-5-11(9)16(21)22)7-10(13(18)19)14(20)23-3/h4-6,10H,7H2,1-3H3,(H,18,19). The third kappa shape index (κ3) is 4.25. The number of hydrogen-bond donors (Lipinski definition) is 1. The Morgan fingerprint density at radius 3 is 2.39 bits per heavy atom. The molecule has 0 spiro atoms. The summed E-state index contributed by atoms with van der Waals surface area (Å²) in [5.41, 5.74) is -0.262. The Labute approximate surface area is 131 Å². The van der Waals surface area contributed by atoms with Crippen molar-refractivity contribution >= 4 is 23.5 Å². The van der Waals surface area contributed by atoms with Crippen LogP contribution >= 0.6 is 0 Å². The van der Waals surface area contributed by atoms with Gasteiger partial charge in [-0.25, -0.2) is 0 Å². The van der Waals surface area contributed by atoms with Gasteiger partial charge in [0, 0.05) is 20.2 Å². The topological polar surface area (TPSA) is 127 Å². The molecule has 0 bridgehead atoms. The van der Waals surface area contributed by atoms with E-state index in [-0.39, 0.29) is 12.0 Å². The van der Waals surface area contributed by atoms with Gasteiger partial charge >= 0.3 is 11.9 Å². The lowest BCUT2D eigenvalue weighted by Crippen LogP contribution is -2.27. The van der Waals surface area contributed by atoms with Crippen LogP contribution in [0.2, 0.25) is 0 Å². The zero-order valence-corrected chi connectivity index (χ0v) is 12.8. The van der Waals surface area contributed by atoms with E-state index in [4.69, 9.17) is 5.11 Å². The van der Waals surface area contributed by atoms with Crippen LogP contribution in [-0.2, 0) is 20.7 Å². The fraction of sp³-hybridized carbons (Fsp3) is 0.357. The zero-order valence-electron chi connectivity index (χ0n) is 12.8. The second-order valence-corrected chi connectivity index (χ2v) is 4.93. The Kier molecular flexibility index (Phi) is 5.77. The first-order chi connectivity index (χ1) is 10.7. The molecule has 0 heterocycles. The summed E-state index contributed by atoms with van der Waals surface area (Å²) in [7, 11) is 3.94. The van der Waals surface area contributed by atoms with E-state index in [0.717, 1.165) is 13.2 Å². The molecular formula is C14H16N2O7. The molecule has 0 aliphatic rings. The molecule has 9 heteroatoms. The maximum absolute atomic E-state index is 12.0. The summed E-state index contributed by atoms with van der Waals surface area (Å²) in [6.45, 7) is 0. The molecule has 0 saturated carbocycles. The Balaban J connectivity index is 3.26. The van der Waals surface area contributed by atoms with Crippen LogP contribution in [0.25, 0.3) is 0 Å². The third-order valence-corrected chi connectivity index (χ3v) is 3.12. The minimum atomic E-state index is -1.45. The van der Waals surface area contributed by atoms with Crippen molar-refractivity contribution in [1.29, 1.82) is 0 Å². The van der Waals surface area contributed by atoms with Gasteiger partial charge < -0.3 is 14.7 Å². The fourth-order valence-electron chi connectivity index (χ4n) is 1.93. The van der Waals surface area contributed by atoms with Crippen LogP contribution in [0, 0.1) is 16.0 Å². The number of carboxylic acid groups (broad SMARTS) is 1. The van der Waals surface area contributed by atoms with Crippen molar-refractivity contribution in [2.45, 2.75) is 6.42 Å². The minimum Gasteiger partial charge on any atom is -0.481 e. The molecule has 23 heavy (non-hydrogen) atoms. The lowest BCUT2D eigenvalue weighted by molar-refractivity contribution is -0.385. The zero-order chi connectivity index (χ0) is 17.7. The second-order valence-electron chi connectivity index (χ2n) is 4.93. The largest absolute Gasteiger partial charge is 0.481 e. The molecule has 0 saturated heterocycles. The lowest BCUT2D eigenvalue weighted by atomic mass is 9.97. The number of ether oxygens (including phenoxy) is 1. The van der Waals surface area contributed by atoms with Gasteiger partial charge in [-0.15, -0.1) is 0 Å². The van der Waals surface area contributed by atoms with E-state index in [0.29, 0.717) is 5.56 Å². The van der Waals surface area contributed by atoms with Gasteiger partial charge in [-0.1, -0.05) is 6.07 Å². The number of benzene rings is 1. The smallest absolute Gasteiger partial charge is 0.320 e. The van der Waals surface area contributed by atoms with Crippen LogP contribution in [0.5, 0.6) is 0 Å². The Hall–Kier alpha value is -2.97. The predicted molar refractivity (Wildman–Crippen MR) is 78.0 cm³/mol. The number of nitrogens with zero attached hydrogens (tertiary/aromatic N) is 2. The first-order valence-electron chi connectivity index (χ1n) is 6.48. The summed E-state index contributed by atoms with van der Waals surface area (Å²) in [6, 6.07) is 3.64. The number of methoxy groups -OCH3 is 1. The van der Waals surface area contributed by atoms with E-state index in [1.807, 2.05) is 0 Å². The molecule has 0 aliphatic heterocycles. The van der Waals surface area contributed by atoms with Crippen LogP contribution in [0.15, 0.2) is 18.2 Å². The molecule has 124 valence electrons. The highest BCUT2D eigenvalue weighted by Crippen LogP contribution is 2.23. The first-order valence-corrected chi connectivity index (χ1v) is 6.48. The van der Waals surface area contributed by atoms with Crippen LogP contribution in [-0.4, -0.2) is 54.0 Å². The average molecular weight is 324 g/mol. The van der Waals surface area contributed by atoms with E-state index >= 15 is 0 Å². The monoisotopic (exact) mass is 324 g/mol. The first kappa shape index (κ1) is 18.1. The maximum Gasteiger partial charge on any atom is 0.320 e. The van der Waals surface area contributed by atoms with Gasteiger partial charge in [-0.2, -0.15) is 0 Å². The van der Waals surface area contributed by atoms with Crippen LogP contribution in [0.4, 0.5) is 5.69 Å².